The summed E-state index contributed by atoms with van der Waals surface area (Å²) in [6.07, 6.45) is 2.92. The fourth-order valence-corrected chi connectivity index (χ4v) is 6.30. The van der Waals surface area contributed by atoms with E-state index in [1.165, 1.54) is 4.90 Å². The summed E-state index contributed by atoms with van der Waals surface area (Å²) in [6, 6.07) is 37.9. The third kappa shape index (κ3) is 4.95. The number of carbonyl (C=O) groups excluding carboxylic acids is 2. The van der Waals surface area contributed by atoms with Crippen LogP contribution in [0.25, 0.3) is 0 Å². The lowest BCUT2D eigenvalue weighted by Crippen LogP contribution is -2.60. The molecule has 218 valence electrons. The van der Waals surface area contributed by atoms with E-state index in [4.69, 9.17) is 4.74 Å². The second-order valence-electron chi connectivity index (χ2n) is 11.7. The Bertz CT molecular complexity index is 1510. The lowest BCUT2D eigenvalue weighted by Gasteiger charge is -2.46. The smallest absolute Gasteiger partial charge is 0.411 e. The van der Waals surface area contributed by atoms with Crippen LogP contribution < -0.4 is 4.90 Å². The highest BCUT2D eigenvalue weighted by Crippen LogP contribution is 2.55. The van der Waals surface area contributed by atoms with Gasteiger partial charge in [0.25, 0.3) is 5.91 Å². The molecule has 0 spiro atoms. The van der Waals surface area contributed by atoms with E-state index < -0.39 is 22.8 Å². The van der Waals surface area contributed by atoms with Crippen molar-refractivity contribution in [1.82, 2.24) is 4.90 Å². The van der Waals surface area contributed by atoms with Crippen LogP contribution >= 0.6 is 0 Å². The summed E-state index contributed by atoms with van der Waals surface area (Å²) in [5.74, 6) is -0.252. The SMILES string of the molecule is C=CCN(C(=O)OC(C)(C)C)[C@@]1(CC=C)C(=O)N(C(c2ccccc2)(c2ccccc2)c2ccccc2)c2ccccc21. The molecular weight excluding hydrogens is 532 g/mol. The Hall–Kier alpha value is -4.90. The average Bonchev–Trinajstić information content (AvgIpc) is 3.25. The van der Waals surface area contributed by atoms with E-state index in [9.17, 15) is 4.79 Å². The third-order valence-electron chi connectivity index (χ3n) is 7.88. The molecule has 1 aliphatic heterocycles. The Morgan fingerprint density at radius 2 is 1.23 bits per heavy atom. The molecule has 5 rings (SSSR count). The highest BCUT2D eigenvalue weighted by atomic mass is 16.6. The normalized spacial score (nSPS) is 16.3. The van der Waals surface area contributed by atoms with Crippen molar-refractivity contribution in [3.05, 3.63) is 163 Å². The molecule has 0 aliphatic carbocycles. The quantitative estimate of drug-likeness (QED) is 0.150. The number of ether oxygens (including phenoxy) is 1. The lowest BCUT2D eigenvalue weighted by molar-refractivity contribution is -0.130. The molecule has 2 amide bonds. The number of hydrogen-bond donors (Lipinski definition) is 0. The van der Waals surface area contributed by atoms with Gasteiger partial charge in [-0.15, -0.1) is 13.2 Å². The summed E-state index contributed by atoms with van der Waals surface area (Å²) in [6.45, 7) is 13.5. The average molecular weight is 571 g/mol. The van der Waals surface area contributed by atoms with Crippen molar-refractivity contribution >= 4 is 17.7 Å². The Morgan fingerprint density at radius 1 is 0.767 bits per heavy atom. The topological polar surface area (TPSA) is 49.9 Å². The van der Waals surface area contributed by atoms with Crippen LogP contribution in [0.3, 0.4) is 0 Å². The minimum atomic E-state index is -1.43. The Balaban J connectivity index is 1.89. The number of hydrogen-bond acceptors (Lipinski definition) is 3. The third-order valence-corrected chi connectivity index (χ3v) is 7.88. The molecule has 43 heavy (non-hydrogen) atoms. The van der Waals surface area contributed by atoms with Gasteiger partial charge < -0.3 is 4.74 Å². The first-order valence-electron chi connectivity index (χ1n) is 14.5. The zero-order chi connectivity index (χ0) is 30.7. The lowest BCUT2D eigenvalue weighted by atomic mass is 9.75. The van der Waals surface area contributed by atoms with E-state index >= 15 is 4.79 Å². The fraction of sp³-hybridized carbons (Fsp3) is 0.211. The number of rotatable bonds is 9. The molecule has 1 atom stereocenters. The van der Waals surface area contributed by atoms with Crippen LogP contribution in [0.2, 0.25) is 0 Å². The first kappa shape index (κ1) is 29.6. The molecule has 1 aliphatic rings. The van der Waals surface area contributed by atoms with Gasteiger partial charge >= 0.3 is 6.09 Å². The minimum Gasteiger partial charge on any atom is -0.444 e. The van der Waals surface area contributed by atoms with E-state index in [-0.39, 0.29) is 18.9 Å². The molecule has 0 bridgehead atoms. The first-order valence-corrected chi connectivity index (χ1v) is 14.5. The molecule has 1 heterocycles. The monoisotopic (exact) mass is 570 g/mol. The molecule has 0 unspecified atom stereocenters. The number of fused-ring (bicyclic) bond motifs is 1. The van der Waals surface area contributed by atoms with E-state index in [0.717, 1.165) is 16.7 Å². The van der Waals surface area contributed by atoms with Gasteiger partial charge in [0, 0.05) is 18.5 Å². The molecule has 0 radical (unpaired) electrons. The summed E-state index contributed by atoms with van der Waals surface area (Å²) < 4.78 is 5.91. The summed E-state index contributed by atoms with van der Waals surface area (Å²) in [5, 5.41) is 0. The van der Waals surface area contributed by atoms with Gasteiger partial charge in [0.15, 0.2) is 5.54 Å². The van der Waals surface area contributed by atoms with Gasteiger partial charge in [-0.25, -0.2) is 4.79 Å². The van der Waals surface area contributed by atoms with E-state index in [1.54, 1.807) is 12.2 Å². The van der Waals surface area contributed by atoms with E-state index in [0.29, 0.717) is 11.3 Å². The maximum Gasteiger partial charge on any atom is 0.411 e. The standard InChI is InChI=1S/C38H38N2O3/c1-6-27-37(39(28-7-2)35(42)43-36(3,4)5)32-25-17-18-26-33(32)40(34(37)41)38(29-19-11-8-12-20-29,30-21-13-9-14-22-30)31-23-15-10-16-24-31/h6-26H,1-2,27-28H2,3-5H3/t37-/m1/s1. The Labute approximate surface area is 254 Å². The highest BCUT2D eigenvalue weighted by molar-refractivity contribution is 6.11. The summed E-state index contributed by atoms with van der Waals surface area (Å²) in [4.78, 5) is 33.0. The van der Waals surface area contributed by atoms with Gasteiger partial charge in [-0.05, 0) is 43.5 Å². The van der Waals surface area contributed by atoms with Gasteiger partial charge in [0.1, 0.15) is 11.1 Å². The number of carbonyl (C=O) groups is 2. The van der Waals surface area contributed by atoms with Crippen LogP contribution in [0.4, 0.5) is 10.5 Å². The van der Waals surface area contributed by atoms with Crippen molar-refractivity contribution in [2.45, 2.75) is 43.9 Å². The van der Waals surface area contributed by atoms with Crippen LogP contribution in [-0.2, 0) is 20.6 Å². The van der Waals surface area contributed by atoms with Crippen LogP contribution in [0.5, 0.6) is 0 Å². The number of anilines is 1. The van der Waals surface area contributed by atoms with Crippen LogP contribution in [0.1, 0.15) is 49.4 Å². The molecular formula is C38H38N2O3. The first-order chi connectivity index (χ1) is 20.7. The summed E-state index contributed by atoms with van der Waals surface area (Å²) in [7, 11) is 0. The van der Waals surface area contributed by atoms with Gasteiger partial charge in [0.2, 0.25) is 0 Å². The van der Waals surface area contributed by atoms with E-state index in [2.05, 4.69) is 49.6 Å². The Kier molecular flexibility index (Phi) is 8.10. The minimum absolute atomic E-state index is 0.103. The predicted octanol–water partition coefficient (Wildman–Crippen LogP) is 8.22. The van der Waals surface area contributed by atoms with Crippen LogP contribution in [-0.4, -0.2) is 29.0 Å². The van der Waals surface area contributed by atoms with Crippen molar-refractivity contribution in [3.63, 3.8) is 0 Å². The Morgan fingerprint density at radius 3 is 1.67 bits per heavy atom. The van der Waals surface area contributed by atoms with Gasteiger partial charge in [0.05, 0.1) is 5.69 Å². The number of nitrogens with zero attached hydrogens (tertiary/aromatic N) is 2. The summed E-state index contributed by atoms with van der Waals surface area (Å²) >= 11 is 0. The van der Waals surface area contributed by atoms with Gasteiger partial charge in [-0.1, -0.05) is 121 Å². The van der Waals surface area contributed by atoms with Gasteiger partial charge in [-0.2, -0.15) is 0 Å². The summed E-state index contributed by atoms with van der Waals surface area (Å²) in [5.41, 5.74) is 0.886. The molecule has 0 N–H and O–H groups in total. The van der Waals surface area contributed by atoms with Crippen molar-refractivity contribution in [2.24, 2.45) is 0 Å². The predicted molar refractivity (Wildman–Crippen MR) is 173 cm³/mol. The zero-order valence-electron chi connectivity index (χ0n) is 25.1. The molecule has 5 nitrogen and oxygen atoms in total. The molecule has 0 aromatic heterocycles. The van der Waals surface area contributed by atoms with Crippen molar-refractivity contribution < 1.29 is 14.3 Å². The maximum absolute atomic E-state index is 15.6. The van der Waals surface area contributed by atoms with Crippen LogP contribution in [0, 0.1) is 0 Å². The van der Waals surface area contributed by atoms with Crippen molar-refractivity contribution in [1.29, 1.82) is 0 Å². The van der Waals surface area contributed by atoms with Crippen molar-refractivity contribution in [2.75, 3.05) is 11.4 Å². The molecule has 0 saturated heterocycles. The maximum atomic E-state index is 15.6. The van der Waals surface area contributed by atoms with Gasteiger partial charge in [-0.3, -0.25) is 14.6 Å². The largest absolute Gasteiger partial charge is 0.444 e. The number of para-hydroxylation sites is 1. The van der Waals surface area contributed by atoms with Crippen molar-refractivity contribution in [3.8, 4) is 0 Å². The second-order valence-corrected chi connectivity index (χ2v) is 11.7. The zero-order valence-corrected chi connectivity index (χ0v) is 25.1. The molecule has 5 heteroatoms. The number of amides is 2. The van der Waals surface area contributed by atoms with Crippen LogP contribution in [0.15, 0.2) is 141 Å². The molecule has 4 aromatic rings. The molecule has 0 saturated carbocycles. The number of benzene rings is 4. The molecule has 0 fully saturated rings. The molecule has 4 aromatic carbocycles. The van der Waals surface area contributed by atoms with E-state index in [1.807, 2.05) is 105 Å². The highest BCUT2D eigenvalue weighted by Gasteiger charge is 2.61. The second kappa shape index (κ2) is 11.8. The fourth-order valence-electron chi connectivity index (χ4n) is 6.30.